The molecule has 1 N–H and O–H groups in total. The molecule has 1 heterocycles. The molecule has 0 aliphatic carbocycles. The van der Waals surface area contributed by atoms with Gasteiger partial charge in [0.2, 0.25) is 0 Å². The summed E-state index contributed by atoms with van der Waals surface area (Å²) in [5, 5.41) is 2.77. The van der Waals surface area contributed by atoms with Crippen LogP contribution in [0.1, 0.15) is 23.0 Å². The highest BCUT2D eigenvalue weighted by Crippen LogP contribution is 1.99. The maximum Gasteiger partial charge on any atom is 0.251 e. The number of hydrogen-bond donors (Lipinski definition) is 1. The third kappa shape index (κ3) is 3.01. The molecule has 74 valence electrons. The number of pyridine rings is 1. The summed E-state index contributed by atoms with van der Waals surface area (Å²) in [5.41, 5.74) is 1.51. The van der Waals surface area contributed by atoms with Crippen molar-refractivity contribution in [2.75, 3.05) is 6.54 Å². The zero-order valence-corrected chi connectivity index (χ0v) is 8.45. The number of carbonyl (C=O) groups is 1. The van der Waals surface area contributed by atoms with Crippen LogP contribution < -0.4 is 5.32 Å². The van der Waals surface area contributed by atoms with Crippen LogP contribution in [0, 0.1) is 6.92 Å². The van der Waals surface area contributed by atoms with Gasteiger partial charge in [-0.2, -0.15) is 0 Å². The fourth-order valence-corrected chi connectivity index (χ4v) is 1.06. The molecule has 1 amide bonds. The highest BCUT2D eigenvalue weighted by atomic mass is 16.1. The Morgan fingerprint density at radius 1 is 1.64 bits per heavy atom. The van der Waals surface area contributed by atoms with E-state index in [4.69, 9.17) is 0 Å². The molecule has 0 aromatic carbocycles. The van der Waals surface area contributed by atoms with E-state index in [0.717, 1.165) is 5.69 Å². The Balaban J connectivity index is 2.60. The Kier molecular flexibility index (Phi) is 3.85. The topological polar surface area (TPSA) is 42.0 Å². The molecular formula is C11H14N2O. The molecule has 1 aromatic heterocycles. The van der Waals surface area contributed by atoms with E-state index in [-0.39, 0.29) is 5.91 Å². The predicted octanol–water partition coefficient (Wildman–Crippen LogP) is 1.70. The molecule has 0 bridgehead atoms. The first-order valence-corrected chi connectivity index (χ1v) is 4.56. The van der Waals surface area contributed by atoms with E-state index in [9.17, 15) is 4.79 Å². The summed E-state index contributed by atoms with van der Waals surface area (Å²) in [6.45, 7) is 4.35. The van der Waals surface area contributed by atoms with Gasteiger partial charge in [-0.3, -0.25) is 9.78 Å². The van der Waals surface area contributed by atoms with Gasteiger partial charge < -0.3 is 5.32 Å². The van der Waals surface area contributed by atoms with Crippen molar-refractivity contribution in [2.45, 2.75) is 13.8 Å². The minimum Gasteiger partial charge on any atom is -0.349 e. The summed E-state index contributed by atoms with van der Waals surface area (Å²) in [7, 11) is 0. The molecule has 0 spiro atoms. The average Bonchev–Trinajstić information content (AvgIpc) is 2.18. The van der Waals surface area contributed by atoms with Gasteiger partial charge in [0.25, 0.3) is 5.91 Å². The van der Waals surface area contributed by atoms with Crippen LogP contribution in [0.4, 0.5) is 0 Å². The lowest BCUT2D eigenvalue weighted by molar-refractivity contribution is 0.0958. The van der Waals surface area contributed by atoms with E-state index in [1.807, 2.05) is 26.0 Å². The number of aryl methyl sites for hydroxylation is 1. The van der Waals surface area contributed by atoms with Crippen molar-refractivity contribution in [3.63, 3.8) is 0 Å². The van der Waals surface area contributed by atoms with Gasteiger partial charge in [-0.25, -0.2) is 0 Å². The lowest BCUT2D eigenvalue weighted by Crippen LogP contribution is -2.23. The van der Waals surface area contributed by atoms with Crippen molar-refractivity contribution in [1.29, 1.82) is 0 Å². The molecule has 0 unspecified atom stereocenters. The molecule has 0 atom stereocenters. The molecule has 3 heteroatoms. The minimum absolute atomic E-state index is 0.0615. The summed E-state index contributed by atoms with van der Waals surface area (Å²) in [5.74, 6) is -0.0615. The number of allylic oxidation sites excluding steroid dienone is 1. The zero-order valence-electron chi connectivity index (χ0n) is 8.45. The van der Waals surface area contributed by atoms with Gasteiger partial charge in [-0.15, -0.1) is 0 Å². The van der Waals surface area contributed by atoms with E-state index in [2.05, 4.69) is 10.3 Å². The molecule has 0 saturated heterocycles. The van der Waals surface area contributed by atoms with Crippen molar-refractivity contribution in [3.05, 3.63) is 41.7 Å². The van der Waals surface area contributed by atoms with Crippen LogP contribution in [0.15, 0.2) is 30.5 Å². The summed E-state index contributed by atoms with van der Waals surface area (Å²) in [6.07, 6.45) is 5.43. The second-order valence-corrected chi connectivity index (χ2v) is 2.96. The normalized spacial score (nSPS) is 10.4. The van der Waals surface area contributed by atoms with Gasteiger partial charge >= 0.3 is 0 Å². The number of nitrogens with zero attached hydrogens (tertiary/aromatic N) is 1. The highest BCUT2D eigenvalue weighted by molar-refractivity contribution is 5.94. The van der Waals surface area contributed by atoms with Crippen LogP contribution in [-0.4, -0.2) is 17.4 Å². The standard InChI is InChI=1S/C11H14N2O/c1-3-4-6-13-11(14)10-5-7-12-9(2)8-10/h3-5,7-8H,6H2,1-2H3,(H,13,14)/b4-3+. The summed E-state index contributed by atoms with van der Waals surface area (Å²) in [6, 6.07) is 3.48. The van der Waals surface area contributed by atoms with Gasteiger partial charge in [0.05, 0.1) is 0 Å². The maximum atomic E-state index is 11.5. The van der Waals surface area contributed by atoms with Crippen molar-refractivity contribution in [2.24, 2.45) is 0 Å². The number of nitrogens with one attached hydrogen (secondary N) is 1. The Bertz CT molecular complexity index is 345. The predicted molar refractivity (Wildman–Crippen MR) is 56.1 cm³/mol. The molecule has 0 saturated carbocycles. The molecule has 14 heavy (non-hydrogen) atoms. The smallest absolute Gasteiger partial charge is 0.251 e. The van der Waals surface area contributed by atoms with E-state index in [1.54, 1.807) is 18.3 Å². The minimum atomic E-state index is -0.0615. The van der Waals surface area contributed by atoms with E-state index >= 15 is 0 Å². The second-order valence-electron chi connectivity index (χ2n) is 2.96. The van der Waals surface area contributed by atoms with Crippen LogP contribution in [0.2, 0.25) is 0 Å². The van der Waals surface area contributed by atoms with Crippen molar-refractivity contribution >= 4 is 5.91 Å². The maximum absolute atomic E-state index is 11.5. The van der Waals surface area contributed by atoms with Gasteiger partial charge in [-0.1, -0.05) is 12.2 Å². The fraction of sp³-hybridized carbons (Fsp3) is 0.273. The summed E-state index contributed by atoms with van der Waals surface area (Å²) in [4.78, 5) is 15.5. The molecule has 3 nitrogen and oxygen atoms in total. The van der Waals surface area contributed by atoms with Crippen molar-refractivity contribution in [1.82, 2.24) is 10.3 Å². The Labute approximate surface area is 83.9 Å². The van der Waals surface area contributed by atoms with Crippen LogP contribution in [0.5, 0.6) is 0 Å². The first-order chi connectivity index (χ1) is 6.74. The quantitative estimate of drug-likeness (QED) is 0.737. The number of rotatable bonds is 3. The Morgan fingerprint density at radius 2 is 2.43 bits per heavy atom. The van der Waals surface area contributed by atoms with Crippen LogP contribution in [-0.2, 0) is 0 Å². The number of aromatic nitrogens is 1. The van der Waals surface area contributed by atoms with Gasteiger partial charge in [0.1, 0.15) is 0 Å². The summed E-state index contributed by atoms with van der Waals surface area (Å²) >= 11 is 0. The largest absolute Gasteiger partial charge is 0.349 e. The van der Waals surface area contributed by atoms with Crippen LogP contribution in [0.3, 0.4) is 0 Å². The highest BCUT2D eigenvalue weighted by Gasteiger charge is 2.03. The van der Waals surface area contributed by atoms with E-state index < -0.39 is 0 Å². The lowest BCUT2D eigenvalue weighted by atomic mass is 10.2. The lowest BCUT2D eigenvalue weighted by Gasteiger charge is -2.02. The van der Waals surface area contributed by atoms with Gasteiger partial charge in [0.15, 0.2) is 0 Å². The first kappa shape index (κ1) is 10.4. The van der Waals surface area contributed by atoms with Crippen LogP contribution >= 0.6 is 0 Å². The van der Waals surface area contributed by atoms with Crippen molar-refractivity contribution in [3.8, 4) is 0 Å². The van der Waals surface area contributed by atoms with E-state index in [1.165, 1.54) is 0 Å². The van der Waals surface area contributed by atoms with Gasteiger partial charge in [0, 0.05) is 24.0 Å². The molecule has 0 aliphatic rings. The average molecular weight is 190 g/mol. The first-order valence-electron chi connectivity index (χ1n) is 4.56. The fourth-order valence-electron chi connectivity index (χ4n) is 1.06. The Hall–Kier alpha value is -1.64. The zero-order chi connectivity index (χ0) is 10.4. The number of amides is 1. The van der Waals surface area contributed by atoms with E-state index in [0.29, 0.717) is 12.1 Å². The van der Waals surface area contributed by atoms with Gasteiger partial charge in [-0.05, 0) is 26.0 Å². The Morgan fingerprint density at radius 3 is 3.07 bits per heavy atom. The SMILES string of the molecule is C/C=C/CNC(=O)c1ccnc(C)c1. The molecule has 1 aromatic rings. The molecule has 0 aliphatic heterocycles. The third-order valence-corrected chi connectivity index (χ3v) is 1.78. The molecule has 0 fully saturated rings. The second kappa shape index (κ2) is 5.17. The molecule has 1 rings (SSSR count). The number of hydrogen-bond acceptors (Lipinski definition) is 2. The molecular weight excluding hydrogens is 176 g/mol. The summed E-state index contributed by atoms with van der Waals surface area (Å²) < 4.78 is 0. The molecule has 0 radical (unpaired) electrons. The van der Waals surface area contributed by atoms with Crippen LogP contribution in [0.25, 0.3) is 0 Å². The third-order valence-electron chi connectivity index (χ3n) is 1.78. The van der Waals surface area contributed by atoms with Crippen molar-refractivity contribution < 1.29 is 4.79 Å². The number of carbonyl (C=O) groups excluding carboxylic acids is 1. The monoisotopic (exact) mass is 190 g/mol.